The van der Waals surface area contributed by atoms with E-state index in [2.05, 4.69) is 41.5 Å². The molecule has 0 saturated heterocycles. The molecule has 3 aromatic heterocycles. The molecule has 0 bridgehead atoms. The van der Waals surface area contributed by atoms with Crippen LogP contribution in [0.2, 0.25) is 0 Å². The Bertz CT molecular complexity index is 1540. The molecule has 0 atom stereocenters. The lowest BCUT2D eigenvalue weighted by Crippen LogP contribution is -2.28. The Morgan fingerprint density at radius 3 is 2.44 bits per heavy atom. The number of hydrogen-bond donors (Lipinski definition) is 1. The molecule has 0 saturated carbocycles. The van der Waals surface area contributed by atoms with Crippen LogP contribution in [0, 0.1) is 0 Å². The first kappa shape index (κ1) is 21.4. The van der Waals surface area contributed by atoms with Gasteiger partial charge in [-0.2, -0.15) is 5.10 Å². The number of carbonyl (C=O) groups is 1. The van der Waals surface area contributed by atoms with Gasteiger partial charge in [0.15, 0.2) is 5.65 Å². The minimum Gasteiger partial charge on any atom is -0.497 e. The summed E-state index contributed by atoms with van der Waals surface area (Å²) in [5, 5.41) is 11.8. The van der Waals surface area contributed by atoms with Crippen LogP contribution in [0.15, 0.2) is 71.8 Å². The predicted molar refractivity (Wildman–Crippen MR) is 129 cm³/mol. The summed E-state index contributed by atoms with van der Waals surface area (Å²) >= 11 is 0. The van der Waals surface area contributed by atoms with Crippen LogP contribution in [0.25, 0.3) is 22.4 Å². The molecule has 0 radical (unpaired) electrons. The molecule has 172 valence electrons. The van der Waals surface area contributed by atoms with Gasteiger partial charge in [0, 0.05) is 23.6 Å². The van der Waals surface area contributed by atoms with Crippen LogP contribution in [0.5, 0.6) is 5.75 Å². The molecule has 9 nitrogen and oxygen atoms in total. The lowest BCUT2D eigenvalue weighted by molar-refractivity contribution is -0.117. The van der Waals surface area contributed by atoms with Gasteiger partial charge in [-0.25, -0.2) is 18.4 Å². The topological polar surface area (TPSA) is 94.9 Å². The molecule has 34 heavy (non-hydrogen) atoms. The Balaban J connectivity index is 1.44. The maximum absolute atomic E-state index is 12.9. The first-order valence-electron chi connectivity index (χ1n) is 10.9. The van der Waals surface area contributed by atoms with Crippen molar-refractivity contribution in [2.75, 3.05) is 12.4 Å². The van der Waals surface area contributed by atoms with Crippen molar-refractivity contribution in [2.45, 2.75) is 26.3 Å². The zero-order valence-corrected chi connectivity index (χ0v) is 19.1. The molecule has 0 spiro atoms. The summed E-state index contributed by atoms with van der Waals surface area (Å²) in [5.41, 5.74) is 4.34. The number of hydrogen-bond acceptors (Lipinski definition) is 5. The van der Waals surface area contributed by atoms with Gasteiger partial charge >= 0.3 is 5.69 Å². The van der Waals surface area contributed by atoms with Gasteiger partial charge in [0.05, 0.1) is 12.8 Å². The third kappa shape index (κ3) is 3.92. The molecule has 1 N–H and O–H groups in total. The highest BCUT2D eigenvalue weighted by Crippen LogP contribution is 2.24. The maximum atomic E-state index is 12.9. The van der Waals surface area contributed by atoms with Gasteiger partial charge in [0.25, 0.3) is 0 Å². The third-order valence-electron chi connectivity index (χ3n) is 5.73. The first-order chi connectivity index (χ1) is 16.4. The average molecular weight is 457 g/mol. The van der Waals surface area contributed by atoms with E-state index in [-0.39, 0.29) is 12.5 Å². The maximum Gasteiger partial charge on any atom is 0.350 e. The number of amides is 1. The van der Waals surface area contributed by atoms with Gasteiger partial charge in [-0.15, -0.1) is 5.10 Å². The zero-order chi connectivity index (χ0) is 23.8. The highest BCUT2D eigenvalue weighted by atomic mass is 16.5. The number of benzene rings is 2. The first-order valence-corrected chi connectivity index (χ1v) is 10.9. The second kappa shape index (κ2) is 8.51. The van der Waals surface area contributed by atoms with Gasteiger partial charge < -0.3 is 10.1 Å². The largest absolute Gasteiger partial charge is 0.497 e. The van der Waals surface area contributed by atoms with Crippen molar-refractivity contribution in [3.8, 4) is 17.0 Å². The summed E-state index contributed by atoms with van der Waals surface area (Å²) in [6.45, 7) is 4.10. The average Bonchev–Trinajstić information content (AvgIpc) is 3.41. The lowest BCUT2D eigenvalue weighted by atomic mass is 10.0. The summed E-state index contributed by atoms with van der Waals surface area (Å²) in [7, 11) is 1.58. The molecule has 1 amide bonds. The van der Waals surface area contributed by atoms with E-state index in [9.17, 15) is 9.59 Å². The highest BCUT2D eigenvalue weighted by Gasteiger charge is 2.15. The van der Waals surface area contributed by atoms with E-state index < -0.39 is 5.69 Å². The Labute approximate surface area is 195 Å². The fourth-order valence-electron chi connectivity index (χ4n) is 3.83. The predicted octanol–water partition coefficient (Wildman–Crippen LogP) is 3.58. The normalized spacial score (nSPS) is 11.4. The quantitative estimate of drug-likeness (QED) is 0.421. The Morgan fingerprint density at radius 1 is 1.03 bits per heavy atom. The van der Waals surface area contributed by atoms with Gasteiger partial charge in [0.1, 0.15) is 17.8 Å². The Morgan fingerprint density at radius 2 is 1.76 bits per heavy atom. The fourth-order valence-corrected chi connectivity index (χ4v) is 3.83. The standard InChI is InChI=1S/C25H24N6O3/c1-16(2)17-4-6-18(7-5-17)21-14-22-24-28-31(25(33)29(24)12-13-30(22)27-21)15-23(32)26-19-8-10-20(34-3)11-9-19/h4-14,16H,15H2,1-3H3,(H,26,32). The molecule has 0 fully saturated rings. The summed E-state index contributed by atoms with van der Waals surface area (Å²) in [6, 6.07) is 17.1. The number of nitrogens with zero attached hydrogens (tertiary/aromatic N) is 5. The second-order valence-electron chi connectivity index (χ2n) is 8.34. The molecule has 3 heterocycles. The summed E-state index contributed by atoms with van der Waals surface area (Å²) in [4.78, 5) is 25.4. The van der Waals surface area contributed by atoms with Crippen LogP contribution < -0.4 is 15.7 Å². The number of aromatic nitrogens is 5. The molecule has 5 rings (SSSR count). The molecule has 5 aromatic rings. The number of fused-ring (bicyclic) bond motifs is 3. The number of ether oxygens (including phenoxy) is 1. The zero-order valence-electron chi connectivity index (χ0n) is 19.1. The monoisotopic (exact) mass is 456 g/mol. The van der Waals surface area contributed by atoms with Crippen LogP contribution in [-0.2, 0) is 11.3 Å². The minimum absolute atomic E-state index is 0.212. The van der Waals surface area contributed by atoms with E-state index in [4.69, 9.17) is 4.74 Å². The van der Waals surface area contributed by atoms with E-state index in [0.717, 1.165) is 15.9 Å². The van der Waals surface area contributed by atoms with Crippen molar-refractivity contribution in [1.82, 2.24) is 23.8 Å². The summed E-state index contributed by atoms with van der Waals surface area (Å²) in [5.74, 6) is 0.785. The van der Waals surface area contributed by atoms with Gasteiger partial charge in [-0.1, -0.05) is 38.1 Å². The second-order valence-corrected chi connectivity index (χ2v) is 8.34. The van der Waals surface area contributed by atoms with Crippen molar-refractivity contribution in [1.29, 1.82) is 0 Å². The molecule has 0 aliphatic heterocycles. The summed E-state index contributed by atoms with van der Waals surface area (Å²) in [6.07, 6.45) is 3.31. The summed E-state index contributed by atoms with van der Waals surface area (Å²) < 4.78 is 9.38. The number of carbonyl (C=O) groups excluding carboxylic acids is 1. The Hall–Kier alpha value is -4.40. The number of nitrogens with one attached hydrogen (secondary N) is 1. The number of methoxy groups -OCH3 is 1. The van der Waals surface area contributed by atoms with Crippen LogP contribution in [0.4, 0.5) is 5.69 Å². The molecule has 0 aliphatic carbocycles. The van der Waals surface area contributed by atoms with E-state index >= 15 is 0 Å². The van der Waals surface area contributed by atoms with Crippen LogP contribution >= 0.6 is 0 Å². The molecule has 9 heteroatoms. The minimum atomic E-state index is -0.397. The van der Waals surface area contributed by atoms with E-state index in [1.165, 1.54) is 9.96 Å². The van der Waals surface area contributed by atoms with Crippen molar-refractivity contribution in [3.63, 3.8) is 0 Å². The van der Waals surface area contributed by atoms with Crippen molar-refractivity contribution in [3.05, 3.63) is 83.0 Å². The Kier molecular flexibility index (Phi) is 5.37. The smallest absolute Gasteiger partial charge is 0.350 e. The van der Waals surface area contributed by atoms with Gasteiger partial charge in [-0.05, 0) is 41.8 Å². The van der Waals surface area contributed by atoms with E-state index in [1.807, 2.05) is 18.2 Å². The lowest BCUT2D eigenvalue weighted by Gasteiger charge is -2.05. The van der Waals surface area contributed by atoms with Crippen molar-refractivity contribution < 1.29 is 9.53 Å². The van der Waals surface area contributed by atoms with Gasteiger partial charge in [0.2, 0.25) is 5.91 Å². The van der Waals surface area contributed by atoms with Crippen molar-refractivity contribution >= 4 is 22.8 Å². The van der Waals surface area contributed by atoms with Crippen LogP contribution in [0.1, 0.15) is 25.3 Å². The molecule has 2 aromatic carbocycles. The van der Waals surface area contributed by atoms with E-state index in [0.29, 0.717) is 28.5 Å². The number of anilines is 1. The molecular formula is C25H24N6O3. The van der Waals surface area contributed by atoms with Crippen LogP contribution in [0.3, 0.4) is 0 Å². The highest BCUT2D eigenvalue weighted by molar-refractivity contribution is 5.90. The molecule has 0 unspecified atom stereocenters. The molecule has 0 aliphatic rings. The van der Waals surface area contributed by atoms with Crippen molar-refractivity contribution in [2.24, 2.45) is 0 Å². The van der Waals surface area contributed by atoms with Gasteiger partial charge in [-0.3, -0.25) is 4.79 Å². The van der Waals surface area contributed by atoms with E-state index in [1.54, 1.807) is 48.3 Å². The SMILES string of the molecule is COc1ccc(NC(=O)Cn2nc3c4cc(-c5ccc(C(C)C)cc5)nn4ccn3c2=O)cc1. The number of rotatable bonds is 6. The van der Waals surface area contributed by atoms with Crippen LogP contribution in [-0.4, -0.2) is 36.8 Å². The third-order valence-corrected chi connectivity index (χ3v) is 5.73. The molecular weight excluding hydrogens is 432 g/mol. The fraction of sp³-hybridized carbons (Fsp3) is 0.200.